The molecule has 1 unspecified atom stereocenters. The molecule has 2 aromatic carbocycles. The first kappa shape index (κ1) is 14.1. The summed E-state index contributed by atoms with van der Waals surface area (Å²) in [5.74, 6) is -0.512. The van der Waals surface area contributed by atoms with Crippen LogP contribution in [-0.2, 0) is 11.3 Å². The maximum atomic E-state index is 13.9. The summed E-state index contributed by atoms with van der Waals surface area (Å²) in [7, 11) is 0. The van der Waals surface area contributed by atoms with E-state index in [9.17, 15) is 13.6 Å². The van der Waals surface area contributed by atoms with Crippen LogP contribution in [0.3, 0.4) is 0 Å². The lowest BCUT2D eigenvalue weighted by Crippen LogP contribution is -2.28. The molecule has 1 aliphatic heterocycles. The Hall–Kier alpha value is -1.88. The molecule has 1 atom stereocenters. The topological polar surface area (TPSA) is 20.3 Å². The molecule has 0 N–H and O–H groups in total. The predicted octanol–water partition coefficient (Wildman–Crippen LogP) is 3.74. The summed E-state index contributed by atoms with van der Waals surface area (Å²) in [6, 6.07) is 12.7. The average molecular weight is 305 g/mol. The number of halogens is 2. The standard InChI is InChI=1S/C16H13F2NOS/c17-13-7-3-1-5-11(13)9-19-15(20)10-21-16(19)12-6-2-4-8-14(12)18/h1-8,16H,9-10H2. The number of nitrogens with zero attached hydrogens (tertiary/aromatic N) is 1. The van der Waals surface area contributed by atoms with E-state index in [0.29, 0.717) is 11.1 Å². The van der Waals surface area contributed by atoms with Crippen LogP contribution < -0.4 is 0 Å². The van der Waals surface area contributed by atoms with E-state index in [0.717, 1.165) is 0 Å². The number of hydrogen-bond donors (Lipinski definition) is 0. The SMILES string of the molecule is O=C1CSC(c2ccccc2F)N1Cc1ccccc1F. The van der Waals surface area contributed by atoms with Gasteiger partial charge in [-0.05, 0) is 12.1 Å². The highest BCUT2D eigenvalue weighted by atomic mass is 32.2. The summed E-state index contributed by atoms with van der Waals surface area (Å²) >= 11 is 1.36. The lowest BCUT2D eigenvalue weighted by atomic mass is 10.1. The highest BCUT2D eigenvalue weighted by molar-refractivity contribution is 8.00. The Morgan fingerprint density at radius 3 is 2.43 bits per heavy atom. The predicted molar refractivity (Wildman–Crippen MR) is 78.5 cm³/mol. The van der Waals surface area contributed by atoms with Gasteiger partial charge in [-0.25, -0.2) is 8.78 Å². The summed E-state index contributed by atoms with van der Waals surface area (Å²) in [6.45, 7) is 0.150. The number of hydrogen-bond acceptors (Lipinski definition) is 2. The van der Waals surface area contributed by atoms with Crippen LogP contribution in [0.15, 0.2) is 48.5 Å². The van der Waals surface area contributed by atoms with Crippen molar-refractivity contribution in [2.45, 2.75) is 11.9 Å². The monoisotopic (exact) mass is 305 g/mol. The van der Waals surface area contributed by atoms with Gasteiger partial charge in [0.05, 0.1) is 5.75 Å². The van der Waals surface area contributed by atoms with Gasteiger partial charge >= 0.3 is 0 Å². The molecule has 1 amide bonds. The van der Waals surface area contributed by atoms with Crippen LogP contribution in [-0.4, -0.2) is 16.6 Å². The largest absolute Gasteiger partial charge is 0.321 e. The van der Waals surface area contributed by atoms with Crippen molar-refractivity contribution >= 4 is 17.7 Å². The molecule has 5 heteroatoms. The number of amides is 1. The van der Waals surface area contributed by atoms with Crippen molar-refractivity contribution < 1.29 is 13.6 Å². The minimum Gasteiger partial charge on any atom is -0.321 e. The van der Waals surface area contributed by atoms with Crippen LogP contribution in [0.2, 0.25) is 0 Å². The van der Waals surface area contributed by atoms with E-state index in [1.807, 2.05) is 0 Å². The Morgan fingerprint density at radius 1 is 1.05 bits per heavy atom. The molecule has 0 bridgehead atoms. The normalized spacial score (nSPS) is 18.3. The summed E-state index contributed by atoms with van der Waals surface area (Å²) < 4.78 is 27.7. The van der Waals surface area contributed by atoms with Gasteiger partial charge in [0.1, 0.15) is 17.0 Å². The summed E-state index contributed by atoms with van der Waals surface area (Å²) in [5.41, 5.74) is 0.902. The zero-order chi connectivity index (χ0) is 14.8. The molecule has 0 saturated carbocycles. The number of carbonyl (C=O) groups excluding carboxylic acids is 1. The molecule has 3 rings (SSSR count). The first-order chi connectivity index (χ1) is 10.2. The van der Waals surface area contributed by atoms with Crippen molar-refractivity contribution in [1.29, 1.82) is 0 Å². The van der Waals surface area contributed by atoms with Crippen LogP contribution in [0.25, 0.3) is 0 Å². The highest BCUT2D eigenvalue weighted by Gasteiger charge is 2.34. The van der Waals surface area contributed by atoms with Crippen molar-refractivity contribution in [1.82, 2.24) is 4.90 Å². The number of rotatable bonds is 3. The van der Waals surface area contributed by atoms with Crippen molar-refractivity contribution in [2.24, 2.45) is 0 Å². The lowest BCUT2D eigenvalue weighted by molar-refractivity contribution is -0.128. The zero-order valence-corrected chi connectivity index (χ0v) is 11.9. The summed E-state index contributed by atoms with van der Waals surface area (Å²) in [4.78, 5) is 13.6. The van der Waals surface area contributed by atoms with E-state index in [1.165, 1.54) is 28.8 Å². The van der Waals surface area contributed by atoms with Gasteiger partial charge in [0.15, 0.2) is 0 Å². The third-order valence-corrected chi connectivity index (χ3v) is 4.68. The van der Waals surface area contributed by atoms with Gasteiger partial charge in [-0.1, -0.05) is 36.4 Å². The minimum absolute atomic E-state index is 0.100. The van der Waals surface area contributed by atoms with Crippen LogP contribution in [0.4, 0.5) is 8.78 Å². The van der Waals surface area contributed by atoms with E-state index in [1.54, 1.807) is 36.4 Å². The van der Waals surface area contributed by atoms with Crippen LogP contribution in [0.5, 0.6) is 0 Å². The van der Waals surface area contributed by atoms with Gasteiger partial charge in [-0.15, -0.1) is 11.8 Å². The molecule has 2 nitrogen and oxygen atoms in total. The molecule has 21 heavy (non-hydrogen) atoms. The number of carbonyl (C=O) groups is 1. The van der Waals surface area contributed by atoms with Crippen molar-refractivity contribution in [3.05, 3.63) is 71.3 Å². The molecule has 1 fully saturated rings. The second-order valence-electron chi connectivity index (χ2n) is 4.80. The van der Waals surface area contributed by atoms with Crippen molar-refractivity contribution in [3.8, 4) is 0 Å². The van der Waals surface area contributed by atoms with Gasteiger partial charge in [-0.3, -0.25) is 4.79 Å². The molecule has 1 aliphatic rings. The van der Waals surface area contributed by atoms with E-state index >= 15 is 0 Å². The van der Waals surface area contributed by atoms with Gasteiger partial charge in [0.2, 0.25) is 5.91 Å². The molecule has 2 aromatic rings. The highest BCUT2D eigenvalue weighted by Crippen LogP contribution is 2.40. The first-order valence-corrected chi connectivity index (χ1v) is 7.60. The van der Waals surface area contributed by atoms with Crippen LogP contribution >= 0.6 is 11.8 Å². The van der Waals surface area contributed by atoms with E-state index in [2.05, 4.69) is 0 Å². The number of thioether (sulfide) groups is 1. The molecule has 1 saturated heterocycles. The van der Waals surface area contributed by atoms with Crippen LogP contribution in [0, 0.1) is 11.6 Å². The Morgan fingerprint density at radius 2 is 1.71 bits per heavy atom. The fourth-order valence-electron chi connectivity index (χ4n) is 2.37. The maximum Gasteiger partial charge on any atom is 0.234 e. The second-order valence-corrected chi connectivity index (χ2v) is 5.87. The molecule has 0 radical (unpaired) electrons. The Bertz CT molecular complexity index is 677. The Balaban J connectivity index is 1.90. The van der Waals surface area contributed by atoms with Crippen molar-refractivity contribution in [2.75, 3.05) is 5.75 Å². The number of benzene rings is 2. The smallest absolute Gasteiger partial charge is 0.234 e. The van der Waals surface area contributed by atoms with E-state index in [-0.39, 0.29) is 29.8 Å². The molecule has 0 aliphatic carbocycles. The van der Waals surface area contributed by atoms with E-state index in [4.69, 9.17) is 0 Å². The molecular weight excluding hydrogens is 292 g/mol. The Labute approximate surface area is 125 Å². The summed E-state index contributed by atoms with van der Waals surface area (Å²) in [6.07, 6.45) is 0. The van der Waals surface area contributed by atoms with Crippen LogP contribution in [0.1, 0.15) is 16.5 Å². The fraction of sp³-hybridized carbons (Fsp3) is 0.188. The Kier molecular flexibility index (Phi) is 3.92. The van der Waals surface area contributed by atoms with Gasteiger partial charge in [0, 0.05) is 17.7 Å². The molecule has 1 heterocycles. The third kappa shape index (κ3) is 2.78. The quantitative estimate of drug-likeness (QED) is 0.861. The van der Waals surface area contributed by atoms with E-state index < -0.39 is 5.37 Å². The fourth-order valence-corrected chi connectivity index (χ4v) is 3.58. The van der Waals surface area contributed by atoms with Gasteiger partial charge < -0.3 is 4.90 Å². The first-order valence-electron chi connectivity index (χ1n) is 6.55. The molecule has 0 aromatic heterocycles. The van der Waals surface area contributed by atoms with Gasteiger partial charge in [0.25, 0.3) is 0 Å². The average Bonchev–Trinajstić information content (AvgIpc) is 2.83. The van der Waals surface area contributed by atoms with Gasteiger partial charge in [-0.2, -0.15) is 0 Å². The second kappa shape index (κ2) is 5.85. The molecular formula is C16H13F2NOS. The lowest BCUT2D eigenvalue weighted by Gasteiger charge is -2.24. The minimum atomic E-state index is -0.404. The maximum absolute atomic E-state index is 13.9. The summed E-state index contributed by atoms with van der Waals surface area (Å²) in [5, 5.41) is -0.404. The zero-order valence-electron chi connectivity index (χ0n) is 11.1. The van der Waals surface area contributed by atoms with Crippen molar-refractivity contribution in [3.63, 3.8) is 0 Å². The molecule has 0 spiro atoms. The third-order valence-electron chi connectivity index (χ3n) is 3.44. The molecule has 108 valence electrons.